The molecule has 1 aliphatic rings. The number of amides is 1. The molecule has 1 aromatic rings. The molecule has 1 aliphatic heterocycles. The quantitative estimate of drug-likeness (QED) is 0.819. The molecular formula is C12H15NO4. The molecule has 0 radical (unpaired) electrons. The summed E-state index contributed by atoms with van der Waals surface area (Å²) in [6.45, 7) is 1.98. The number of phenolic OH excluding ortho intramolecular Hbond substituents is 1. The number of benzene rings is 1. The smallest absolute Gasteiger partial charge is 0.268 e. The molecule has 1 amide bonds. The number of phenols is 1. The molecule has 0 aliphatic carbocycles. The SMILES string of the molecule is CCC1Oc2cc(O)ccc2N(CCO)C1=O. The largest absolute Gasteiger partial charge is 0.508 e. The zero-order valence-corrected chi connectivity index (χ0v) is 9.59. The number of carbonyl (C=O) groups excluding carboxylic acids is 1. The Hall–Kier alpha value is -1.75. The van der Waals surface area contributed by atoms with Crippen LogP contribution in [0.1, 0.15) is 13.3 Å². The van der Waals surface area contributed by atoms with Gasteiger partial charge in [0, 0.05) is 12.6 Å². The molecule has 1 aromatic carbocycles. The lowest BCUT2D eigenvalue weighted by Gasteiger charge is -2.33. The van der Waals surface area contributed by atoms with Crippen molar-refractivity contribution in [2.75, 3.05) is 18.1 Å². The summed E-state index contributed by atoms with van der Waals surface area (Å²) in [5.74, 6) is 0.418. The standard InChI is InChI=1S/C12H15NO4/c1-2-10-12(16)13(5-6-14)9-4-3-8(15)7-11(9)17-10/h3-4,7,10,14-15H,2,5-6H2,1H3. The molecule has 0 aromatic heterocycles. The van der Waals surface area contributed by atoms with Gasteiger partial charge in [-0.1, -0.05) is 6.92 Å². The maximum Gasteiger partial charge on any atom is 0.268 e. The van der Waals surface area contributed by atoms with Crippen LogP contribution in [-0.2, 0) is 4.79 Å². The molecule has 0 saturated heterocycles. The molecule has 0 fully saturated rings. The fourth-order valence-electron chi connectivity index (χ4n) is 1.90. The summed E-state index contributed by atoms with van der Waals surface area (Å²) < 4.78 is 5.52. The highest BCUT2D eigenvalue weighted by molar-refractivity contribution is 6.00. The minimum absolute atomic E-state index is 0.0944. The third-order valence-electron chi connectivity index (χ3n) is 2.74. The Labute approximate surface area is 99.2 Å². The summed E-state index contributed by atoms with van der Waals surface area (Å²) in [6.07, 6.45) is 0.00594. The Bertz CT molecular complexity index is 433. The molecule has 0 bridgehead atoms. The summed E-state index contributed by atoms with van der Waals surface area (Å²) in [4.78, 5) is 13.5. The first-order chi connectivity index (χ1) is 8.17. The molecule has 2 N–H and O–H groups in total. The molecule has 0 spiro atoms. The Balaban J connectivity index is 2.42. The predicted molar refractivity (Wildman–Crippen MR) is 62.3 cm³/mol. The number of nitrogens with zero attached hydrogens (tertiary/aromatic N) is 1. The molecule has 5 nitrogen and oxygen atoms in total. The van der Waals surface area contributed by atoms with E-state index in [1.807, 2.05) is 6.92 Å². The topological polar surface area (TPSA) is 70.0 Å². The Morgan fingerprint density at radius 3 is 2.88 bits per heavy atom. The maximum absolute atomic E-state index is 12.0. The van der Waals surface area contributed by atoms with Crippen LogP contribution in [-0.4, -0.2) is 35.4 Å². The normalized spacial score (nSPS) is 18.8. The summed E-state index contributed by atoms with van der Waals surface area (Å²) >= 11 is 0. The number of ether oxygens (including phenoxy) is 1. The van der Waals surface area contributed by atoms with Crippen molar-refractivity contribution in [3.8, 4) is 11.5 Å². The molecule has 2 rings (SSSR count). The van der Waals surface area contributed by atoms with E-state index >= 15 is 0 Å². The Morgan fingerprint density at radius 2 is 2.24 bits per heavy atom. The van der Waals surface area contributed by atoms with E-state index in [2.05, 4.69) is 0 Å². The van der Waals surface area contributed by atoms with Crippen molar-refractivity contribution in [1.82, 2.24) is 0 Å². The first-order valence-corrected chi connectivity index (χ1v) is 5.59. The Morgan fingerprint density at radius 1 is 1.47 bits per heavy atom. The van der Waals surface area contributed by atoms with E-state index in [1.54, 1.807) is 6.07 Å². The van der Waals surface area contributed by atoms with Crippen LogP contribution >= 0.6 is 0 Å². The number of rotatable bonds is 3. The van der Waals surface area contributed by atoms with Gasteiger partial charge in [0.2, 0.25) is 0 Å². The number of β-amino-alcohol motifs (C(OH)–C–C–N with tert-alkyl or cyclic N) is 1. The zero-order chi connectivity index (χ0) is 12.4. The fourth-order valence-corrected chi connectivity index (χ4v) is 1.90. The van der Waals surface area contributed by atoms with Crippen LogP contribution in [0.4, 0.5) is 5.69 Å². The monoisotopic (exact) mass is 237 g/mol. The summed E-state index contributed by atoms with van der Waals surface area (Å²) in [7, 11) is 0. The highest BCUT2D eigenvalue weighted by Gasteiger charge is 2.32. The summed E-state index contributed by atoms with van der Waals surface area (Å²) in [5.41, 5.74) is 0.589. The van der Waals surface area contributed by atoms with Gasteiger partial charge < -0.3 is 19.8 Å². The maximum atomic E-state index is 12.0. The minimum Gasteiger partial charge on any atom is -0.508 e. The van der Waals surface area contributed by atoms with Gasteiger partial charge in [-0.3, -0.25) is 4.79 Å². The second-order valence-corrected chi connectivity index (χ2v) is 3.88. The number of aliphatic hydroxyl groups excluding tert-OH is 1. The van der Waals surface area contributed by atoms with Crippen molar-refractivity contribution >= 4 is 11.6 Å². The molecule has 5 heteroatoms. The number of aromatic hydroxyl groups is 1. The summed E-state index contributed by atoms with van der Waals surface area (Å²) in [5, 5.41) is 18.4. The van der Waals surface area contributed by atoms with Crippen molar-refractivity contribution in [3.63, 3.8) is 0 Å². The highest BCUT2D eigenvalue weighted by Crippen LogP contribution is 2.36. The number of aliphatic hydroxyl groups is 1. The van der Waals surface area contributed by atoms with E-state index in [0.29, 0.717) is 17.9 Å². The first kappa shape index (κ1) is 11.7. The average Bonchev–Trinajstić information content (AvgIpc) is 2.32. The average molecular weight is 237 g/mol. The van der Waals surface area contributed by atoms with Crippen LogP contribution in [0.3, 0.4) is 0 Å². The Kier molecular flexibility index (Phi) is 3.19. The minimum atomic E-state index is -0.546. The third-order valence-corrected chi connectivity index (χ3v) is 2.74. The predicted octanol–water partition coefficient (Wildman–Crippen LogP) is 0.888. The van der Waals surface area contributed by atoms with Gasteiger partial charge in [-0.2, -0.15) is 0 Å². The molecular weight excluding hydrogens is 222 g/mol. The van der Waals surface area contributed by atoms with Gasteiger partial charge in [0.05, 0.1) is 12.3 Å². The molecule has 92 valence electrons. The second kappa shape index (κ2) is 4.63. The number of carbonyl (C=O) groups is 1. The number of anilines is 1. The van der Waals surface area contributed by atoms with Crippen molar-refractivity contribution in [3.05, 3.63) is 18.2 Å². The van der Waals surface area contributed by atoms with E-state index in [4.69, 9.17) is 9.84 Å². The van der Waals surface area contributed by atoms with Crippen molar-refractivity contribution in [2.45, 2.75) is 19.4 Å². The van der Waals surface area contributed by atoms with Crippen molar-refractivity contribution in [1.29, 1.82) is 0 Å². The molecule has 1 heterocycles. The van der Waals surface area contributed by atoms with E-state index in [9.17, 15) is 9.90 Å². The zero-order valence-electron chi connectivity index (χ0n) is 9.59. The third kappa shape index (κ3) is 2.06. The lowest BCUT2D eigenvalue weighted by atomic mass is 10.1. The van der Waals surface area contributed by atoms with Crippen LogP contribution in [0.15, 0.2) is 18.2 Å². The number of hydrogen-bond donors (Lipinski definition) is 2. The van der Waals surface area contributed by atoms with E-state index in [0.717, 1.165) is 0 Å². The number of hydrogen-bond acceptors (Lipinski definition) is 4. The van der Waals surface area contributed by atoms with E-state index in [-0.39, 0.29) is 24.8 Å². The highest BCUT2D eigenvalue weighted by atomic mass is 16.5. The number of fused-ring (bicyclic) bond motifs is 1. The second-order valence-electron chi connectivity index (χ2n) is 3.88. The van der Waals surface area contributed by atoms with Crippen LogP contribution in [0.2, 0.25) is 0 Å². The first-order valence-electron chi connectivity index (χ1n) is 5.59. The van der Waals surface area contributed by atoms with Crippen molar-refractivity contribution < 1.29 is 19.7 Å². The van der Waals surface area contributed by atoms with Gasteiger partial charge in [0.15, 0.2) is 6.10 Å². The van der Waals surface area contributed by atoms with Gasteiger partial charge in [0.1, 0.15) is 11.5 Å². The van der Waals surface area contributed by atoms with Crippen LogP contribution in [0.25, 0.3) is 0 Å². The lowest BCUT2D eigenvalue weighted by molar-refractivity contribution is -0.126. The molecule has 1 unspecified atom stereocenters. The van der Waals surface area contributed by atoms with E-state index < -0.39 is 6.10 Å². The molecule has 17 heavy (non-hydrogen) atoms. The van der Waals surface area contributed by atoms with Gasteiger partial charge in [-0.25, -0.2) is 0 Å². The van der Waals surface area contributed by atoms with Crippen LogP contribution < -0.4 is 9.64 Å². The van der Waals surface area contributed by atoms with Gasteiger partial charge >= 0.3 is 0 Å². The van der Waals surface area contributed by atoms with Crippen molar-refractivity contribution in [2.24, 2.45) is 0 Å². The molecule has 0 saturated carbocycles. The van der Waals surface area contributed by atoms with Gasteiger partial charge in [-0.15, -0.1) is 0 Å². The van der Waals surface area contributed by atoms with E-state index in [1.165, 1.54) is 17.0 Å². The van der Waals surface area contributed by atoms with Crippen LogP contribution in [0, 0.1) is 0 Å². The fraction of sp³-hybridized carbons (Fsp3) is 0.417. The summed E-state index contributed by atoms with van der Waals surface area (Å²) in [6, 6.07) is 4.59. The van der Waals surface area contributed by atoms with Gasteiger partial charge in [0.25, 0.3) is 5.91 Å². The molecule has 1 atom stereocenters. The van der Waals surface area contributed by atoms with Crippen LogP contribution in [0.5, 0.6) is 11.5 Å². The van der Waals surface area contributed by atoms with Gasteiger partial charge in [-0.05, 0) is 18.6 Å². The lowest BCUT2D eigenvalue weighted by Crippen LogP contribution is -2.46.